The van der Waals surface area contributed by atoms with Gasteiger partial charge in [0.25, 0.3) is 0 Å². The zero-order valence-electron chi connectivity index (χ0n) is 9.91. The smallest absolute Gasteiger partial charge is 0.0867 e. The van der Waals surface area contributed by atoms with E-state index in [1.807, 2.05) is 7.05 Å². The summed E-state index contributed by atoms with van der Waals surface area (Å²) in [4.78, 5) is 2.10. The number of hydrogen-bond acceptors (Lipinski definition) is 4. The van der Waals surface area contributed by atoms with E-state index < -0.39 is 5.60 Å². The van der Waals surface area contributed by atoms with Crippen molar-refractivity contribution in [2.45, 2.75) is 37.9 Å². The van der Waals surface area contributed by atoms with E-state index in [2.05, 4.69) is 4.90 Å². The molecule has 1 saturated heterocycles. The van der Waals surface area contributed by atoms with Crippen molar-refractivity contribution in [3.05, 3.63) is 0 Å². The molecule has 0 saturated carbocycles. The standard InChI is InChI=1S/C11H24N2O2/c1-11(14,8-12)9-13(2)7-10-5-3-4-6-15-10/h10,14H,3-9,12H2,1-2H3. The Kier molecular flexibility index (Phi) is 4.99. The Balaban J connectivity index is 2.25. The molecule has 0 spiro atoms. The van der Waals surface area contributed by atoms with Crippen molar-refractivity contribution < 1.29 is 9.84 Å². The molecule has 4 nitrogen and oxygen atoms in total. The zero-order chi connectivity index (χ0) is 11.3. The molecule has 1 fully saturated rings. The highest BCUT2D eigenvalue weighted by Crippen LogP contribution is 2.14. The van der Waals surface area contributed by atoms with Gasteiger partial charge in [0.2, 0.25) is 0 Å². The van der Waals surface area contributed by atoms with Crippen LogP contribution in [0, 0.1) is 0 Å². The van der Waals surface area contributed by atoms with Crippen LogP contribution in [0.3, 0.4) is 0 Å². The van der Waals surface area contributed by atoms with Gasteiger partial charge in [-0.3, -0.25) is 0 Å². The van der Waals surface area contributed by atoms with Gasteiger partial charge in [-0.05, 0) is 33.2 Å². The summed E-state index contributed by atoms with van der Waals surface area (Å²) >= 11 is 0. The van der Waals surface area contributed by atoms with Crippen LogP contribution in [0.25, 0.3) is 0 Å². The summed E-state index contributed by atoms with van der Waals surface area (Å²) in [5, 5.41) is 9.82. The predicted octanol–water partition coefficient (Wildman–Crippen LogP) is 0.197. The lowest BCUT2D eigenvalue weighted by atomic mass is 10.1. The molecular formula is C11H24N2O2. The minimum absolute atomic E-state index is 0.295. The maximum atomic E-state index is 9.82. The Hall–Kier alpha value is -0.160. The third-order valence-corrected chi connectivity index (χ3v) is 2.84. The van der Waals surface area contributed by atoms with Gasteiger partial charge >= 0.3 is 0 Å². The van der Waals surface area contributed by atoms with Crippen LogP contribution in [0.5, 0.6) is 0 Å². The molecule has 0 radical (unpaired) electrons. The highest BCUT2D eigenvalue weighted by Gasteiger charge is 2.23. The molecule has 0 aliphatic carbocycles. The van der Waals surface area contributed by atoms with Crippen LogP contribution in [0.4, 0.5) is 0 Å². The van der Waals surface area contributed by atoms with E-state index in [4.69, 9.17) is 10.5 Å². The van der Waals surface area contributed by atoms with Crippen molar-refractivity contribution >= 4 is 0 Å². The van der Waals surface area contributed by atoms with E-state index in [9.17, 15) is 5.11 Å². The Morgan fingerprint density at radius 3 is 2.80 bits per heavy atom. The first-order valence-electron chi connectivity index (χ1n) is 5.76. The molecule has 3 N–H and O–H groups in total. The highest BCUT2D eigenvalue weighted by molar-refractivity contribution is 4.78. The van der Waals surface area contributed by atoms with Gasteiger partial charge in [-0.1, -0.05) is 0 Å². The van der Waals surface area contributed by atoms with Gasteiger partial charge in [0.15, 0.2) is 0 Å². The van der Waals surface area contributed by atoms with Crippen molar-refractivity contribution in [2.24, 2.45) is 5.73 Å². The zero-order valence-corrected chi connectivity index (χ0v) is 9.91. The van der Waals surface area contributed by atoms with Gasteiger partial charge in [-0.25, -0.2) is 0 Å². The summed E-state index contributed by atoms with van der Waals surface area (Å²) in [5.74, 6) is 0. The fourth-order valence-corrected chi connectivity index (χ4v) is 2.01. The van der Waals surface area contributed by atoms with E-state index in [0.717, 1.165) is 19.6 Å². The molecular weight excluding hydrogens is 192 g/mol. The Labute approximate surface area is 92.4 Å². The average molecular weight is 216 g/mol. The predicted molar refractivity (Wildman–Crippen MR) is 60.8 cm³/mol. The van der Waals surface area contributed by atoms with Gasteiger partial charge in [0, 0.05) is 26.2 Å². The number of nitrogens with zero attached hydrogens (tertiary/aromatic N) is 1. The van der Waals surface area contributed by atoms with Crippen LogP contribution in [0.1, 0.15) is 26.2 Å². The fraction of sp³-hybridized carbons (Fsp3) is 1.00. The van der Waals surface area contributed by atoms with Gasteiger partial charge in [0.1, 0.15) is 0 Å². The molecule has 1 aliphatic heterocycles. The average Bonchev–Trinajstić information content (AvgIpc) is 2.18. The summed E-state index contributed by atoms with van der Waals surface area (Å²) in [5.41, 5.74) is 4.69. The molecule has 0 amide bonds. The minimum atomic E-state index is -0.788. The van der Waals surface area contributed by atoms with E-state index >= 15 is 0 Å². The Bertz CT molecular complexity index is 179. The molecule has 1 aliphatic rings. The minimum Gasteiger partial charge on any atom is -0.388 e. The maximum absolute atomic E-state index is 9.82. The molecule has 0 aromatic rings. The second-order valence-corrected chi connectivity index (χ2v) is 4.89. The number of rotatable bonds is 5. The number of ether oxygens (including phenoxy) is 1. The Morgan fingerprint density at radius 2 is 2.27 bits per heavy atom. The van der Waals surface area contributed by atoms with Crippen molar-refractivity contribution in [3.8, 4) is 0 Å². The largest absolute Gasteiger partial charge is 0.388 e. The van der Waals surface area contributed by atoms with Crippen LogP contribution in [-0.2, 0) is 4.74 Å². The quantitative estimate of drug-likeness (QED) is 0.689. The molecule has 2 unspecified atom stereocenters. The van der Waals surface area contributed by atoms with Crippen LogP contribution in [-0.4, -0.2) is 55.0 Å². The van der Waals surface area contributed by atoms with E-state index in [1.54, 1.807) is 6.92 Å². The summed E-state index contributed by atoms with van der Waals surface area (Å²) < 4.78 is 5.64. The molecule has 0 aromatic heterocycles. The number of nitrogens with two attached hydrogens (primary N) is 1. The van der Waals surface area contributed by atoms with Gasteiger partial charge in [-0.2, -0.15) is 0 Å². The molecule has 15 heavy (non-hydrogen) atoms. The summed E-state index contributed by atoms with van der Waals surface area (Å²) in [6, 6.07) is 0. The summed E-state index contributed by atoms with van der Waals surface area (Å²) in [6.45, 7) is 4.43. The molecule has 1 rings (SSSR count). The van der Waals surface area contributed by atoms with Gasteiger partial charge < -0.3 is 20.5 Å². The Morgan fingerprint density at radius 1 is 1.53 bits per heavy atom. The second kappa shape index (κ2) is 5.80. The van der Waals surface area contributed by atoms with E-state index in [1.165, 1.54) is 12.8 Å². The fourth-order valence-electron chi connectivity index (χ4n) is 2.01. The van der Waals surface area contributed by atoms with Crippen molar-refractivity contribution in [1.82, 2.24) is 4.90 Å². The van der Waals surface area contributed by atoms with Crippen molar-refractivity contribution in [1.29, 1.82) is 0 Å². The lowest BCUT2D eigenvalue weighted by Gasteiger charge is -2.31. The van der Waals surface area contributed by atoms with Gasteiger partial charge in [0.05, 0.1) is 11.7 Å². The van der Waals surface area contributed by atoms with Crippen LogP contribution < -0.4 is 5.73 Å². The number of aliphatic hydroxyl groups is 1. The summed E-state index contributed by atoms with van der Waals surface area (Å²) in [6.07, 6.45) is 3.90. The lowest BCUT2D eigenvalue weighted by Crippen LogP contribution is -2.47. The monoisotopic (exact) mass is 216 g/mol. The molecule has 90 valence electrons. The van der Waals surface area contributed by atoms with Crippen LogP contribution >= 0.6 is 0 Å². The highest BCUT2D eigenvalue weighted by atomic mass is 16.5. The third kappa shape index (κ3) is 4.93. The topological polar surface area (TPSA) is 58.7 Å². The summed E-state index contributed by atoms with van der Waals surface area (Å²) in [7, 11) is 2.00. The number of hydrogen-bond donors (Lipinski definition) is 2. The SMILES string of the molecule is CN(CC1CCCCO1)CC(C)(O)CN. The lowest BCUT2D eigenvalue weighted by molar-refractivity contribution is -0.0210. The van der Waals surface area contributed by atoms with Crippen LogP contribution in [0.2, 0.25) is 0 Å². The molecule has 2 atom stereocenters. The first-order valence-corrected chi connectivity index (χ1v) is 5.76. The maximum Gasteiger partial charge on any atom is 0.0867 e. The normalized spacial score (nSPS) is 26.6. The van der Waals surface area contributed by atoms with E-state index in [0.29, 0.717) is 19.2 Å². The first-order chi connectivity index (χ1) is 7.03. The third-order valence-electron chi connectivity index (χ3n) is 2.84. The van der Waals surface area contributed by atoms with Crippen molar-refractivity contribution in [2.75, 3.05) is 33.3 Å². The molecule has 0 aromatic carbocycles. The van der Waals surface area contributed by atoms with E-state index in [-0.39, 0.29) is 0 Å². The van der Waals surface area contributed by atoms with Crippen LogP contribution in [0.15, 0.2) is 0 Å². The van der Waals surface area contributed by atoms with Crippen molar-refractivity contribution in [3.63, 3.8) is 0 Å². The van der Waals surface area contributed by atoms with Gasteiger partial charge in [-0.15, -0.1) is 0 Å². The molecule has 0 bridgehead atoms. The second-order valence-electron chi connectivity index (χ2n) is 4.89. The molecule has 1 heterocycles. The number of likely N-dealkylation sites (N-methyl/N-ethyl adjacent to an activating group) is 1. The molecule has 4 heteroatoms. The first kappa shape index (κ1) is 12.9.